The van der Waals surface area contributed by atoms with Crippen LogP contribution in [0.4, 0.5) is 18.3 Å². The van der Waals surface area contributed by atoms with Gasteiger partial charge in [0.15, 0.2) is 5.13 Å². The number of nitrogens with zero attached hydrogens (tertiary/aromatic N) is 3. The number of ether oxygens (including phenoxy) is 1. The van der Waals surface area contributed by atoms with E-state index in [-0.39, 0.29) is 5.97 Å². The van der Waals surface area contributed by atoms with Crippen molar-refractivity contribution in [2.45, 2.75) is 19.6 Å². The van der Waals surface area contributed by atoms with Crippen LogP contribution < -0.4 is 4.90 Å². The van der Waals surface area contributed by atoms with Gasteiger partial charge in [-0.3, -0.25) is 4.90 Å². The Bertz CT molecular complexity index is 1110. The quantitative estimate of drug-likeness (QED) is 0.539. The third kappa shape index (κ3) is 4.83. The van der Waals surface area contributed by atoms with E-state index in [9.17, 15) is 18.0 Å². The van der Waals surface area contributed by atoms with Crippen LogP contribution in [0.5, 0.6) is 0 Å². The van der Waals surface area contributed by atoms with Crippen molar-refractivity contribution in [2.24, 2.45) is 0 Å². The van der Waals surface area contributed by atoms with Gasteiger partial charge < -0.3 is 9.64 Å². The first kappa shape index (κ1) is 21.6. The van der Waals surface area contributed by atoms with Gasteiger partial charge in [0.1, 0.15) is 0 Å². The highest BCUT2D eigenvalue weighted by molar-refractivity contribution is 7.22. The zero-order valence-electron chi connectivity index (χ0n) is 17.2. The summed E-state index contributed by atoms with van der Waals surface area (Å²) < 4.78 is 44.2. The number of rotatable bonds is 4. The van der Waals surface area contributed by atoms with Gasteiger partial charge in [-0.2, -0.15) is 13.2 Å². The van der Waals surface area contributed by atoms with Crippen molar-refractivity contribution in [3.63, 3.8) is 0 Å². The molecule has 0 bridgehead atoms. The van der Waals surface area contributed by atoms with E-state index in [2.05, 4.69) is 20.9 Å². The van der Waals surface area contributed by atoms with Crippen LogP contribution in [0.3, 0.4) is 0 Å². The molecule has 0 atom stereocenters. The molecule has 0 radical (unpaired) electrons. The van der Waals surface area contributed by atoms with Gasteiger partial charge >= 0.3 is 12.1 Å². The van der Waals surface area contributed by atoms with Gasteiger partial charge in [-0.1, -0.05) is 17.4 Å². The zero-order chi connectivity index (χ0) is 22.2. The van der Waals surface area contributed by atoms with E-state index >= 15 is 0 Å². The van der Waals surface area contributed by atoms with Crippen molar-refractivity contribution in [1.29, 1.82) is 0 Å². The molecule has 0 amide bonds. The van der Waals surface area contributed by atoms with Crippen LogP contribution in [0.15, 0.2) is 36.4 Å². The number of carbonyl (C=O) groups excluding carboxylic acids is 1. The number of piperazine rings is 1. The summed E-state index contributed by atoms with van der Waals surface area (Å²) in [5, 5.41) is 0.748. The maximum absolute atomic E-state index is 13.0. The molecule has 2 aromatic carbocycles. The third-order valence-electron chi connectivity index (χ3n) is 5.31. The summed E-state index contributed by atoms with van der Waals surface area (Å²) in [6, 6.07) is 9.41. The Morgan fingerprint density at radius 3 is 2.55 bits per heavy atom. The van der Waals surface area contributed by atoms with Crippen molar-refractivity contribution in [3.8, 4) is 0 Å². The number of benzene rings is 2. The number of fused-ring (bicyclic) bond motifs is 1. The van der Waals surface area contributed by atoms with E-state index in [0.717, 1.165) is 48.5 Å². The third-order valence-corrected chi connectivity index (χ3v) is 6.39. The van der Waals surface area contributed by atoms with Gasteiger partial charge in [-0.25, -0.2) is 9.78 Å². The van der Waals surface area contributed by atoms with Gasteiger partial charge in [0.2, 0.25) is 0 Å². The van der Waals surface area contributed by atoms with E-state index < -0.39 is 11.7 Å². The fraction of sp³-hybridized carbons (Fsp3) is 0.364. The van der Waals surface area contributed by atoms with Gasteiger partial charge in [-0.05, 0) is 48.4 Å². The van der Waals surface area contributed by atoms with Crippen LogP contribution in [0, 0.1) is 6.92 Å². The predicted octanol–water partition coefficient (Wildman–Crippen LogP) is 4.73. The summed E-state index contributed by atoms with van der Waals surface area (Å²) in [7, 11) is 1.37. The summed E-state index contributed by atoms with van der Waals surface area (Å²) in [5.41, 5.74) is 2.54. The van der Waals surface area contributed by atoms with Crippen LogP contribution >= 0.6 is 11.3 Å². The fourth-order valence-electron chi connectivity index (χ4n) is 3.77. The number of carbonyl (C=O) groups is 1. The molecule has 0 spiro atoms. The molecule has 2 heterocycles. The summed E-state index contributed by atoms with van der Waals surface area (Å²) in [6.07, 6.45) is -4.35. The average Bonchev–Trinajstić information content (AvgIpc) is 3.16. The fourth-order valence-corrected chi connectivity index (χ4v) is 4.83. The largest absolute Gasteiger partial charge is 0.465 e. The highest BCUT2D eigenvalue weighted by Crippen LogP contribution is 2.35. The number of halogens is 3. The minimum Gasteiger partial charge on any atom is -0.465 e. The molecule has 1 aliphatic rings. The molecule has 31 heavy (non-hydrogen) atoms. The monoisotopic (exact) mass is 449 g/mol. The molecule has 0 saturated carbocycles. The van der Waals surface area contributed by atoms with E-state index in [1.165, 1.54) is 30.6 Å². The number of aromatic nitrogens is 1. The Kier molecular flexibility index (Phi) is 5.90. The topological polar surface area (TPSA) is 45.7 Å². The van der Waals surface area contributed by atoms with Crippen molar-refractivity contribution < 1.29 is 22.7 Å². The number of esters is 1. The Hall–Kier alpha value is -2.65. The minimum atomic E-state index is -4.35. The maximum atomic E-state index is 13.0. The van der Waals surface area contributed by atoms with Crippen LogP contribution in [-0.4, -0.2) is 49.1 Å². The Morgan fingerprint density at radius 2 is 1.87 bits per heavy atom. The average molecular weight is 449 g/mol. The molecular weight excluding hydrogens is 427 g/mol. The highest BCUT2D eigenvalue weighted by atomic mass is 32.1. The number of anilines is 1. The molecule has 1 aliphatic heterocycles. The number of hydrogen-bond donors (Lipinski definition) is 0. The Morgan fingerprint density at radius 1 is 1.13 bits per heavy atom. The van der Waals surface area contributed by atoms with E-state index in [4.69, 9.17) is 4.74 Å². The van der Waals surface area contributed by atoms with Crippen molar-refractivity contribution in [2.75, 3.05) is 38.2 Å². The summed E-state index contributed by atoms with van der Waals surface area (Å²) >= 11 is 1.29. The molecule has 9 heteroatoms. The smallest absolute Gasteiger partial charge is 0.416 e. The van der Waals surface area contributed by atoms with Gasteiger partial charge in [-0.15, -0.1) is 0 Å². The number of alkyl halides is 3. The second-order valence-electron chi connectivity index (χ2n) is 7.64. The normalized spacial score (nSPS) is 15.5. The van der Waals surface area contributed by atoms with Crippen molar-refractivity contribution in [3.05, 3.63) is 58.7 Å². The van der Waals surface area contributed by atoms with Gasteiger partial charge in [0.05, 0.1) is 28.5 Å². The number of methoxy groups -OCH3 is 1. The minimum absolute atomic E-state index is 0.348. The molecule has 1 saturated heterocycles. The van der Waals surface area contributed by atoms with E-state index in [1.807, 2.05) is 19.1 Å². The molecule has 1 fully saturated rings. The first-order valence-corrected chi connectivity index (χ1v) is 10.7. The van der Waals surface area contributed by atoms with Crippen LogP contribution in [-0.2, 0) is 17.5 Å². The highest BCUT2D eigenvalue weighted by Gasteiger charge is 2.31. The Balaban J connectivity index is 1.42. The molecule has 3 aromatic rings. The lowest BCUT2D eigenvalue weighted by molar-refractivity contribution is -0.137. The Labute approximate surface area is 182 Å². The lowest BCUT2D eigenvalue weighted by Gasteiger charge is -2.34. The second-order valence-corrected chi connectivity index (χ2v) is 8.65. The molecule has 0 unspecified atom stereocenters. The maximum Gasteiger partial charge on any atom is 0.416 e. The van der Waals surface area contributed by atoms with Crippen LogP contribution in [0.1, 0.15) is 27.0 Å². The standard InChI is InChI=1S/C22H22F3N3O2S/c1-14-9-15(11-16(10-14)20(29)30-2)13-27-5-7-28(8-6-27)21-26-18-4-3-17(22(23,24)25)12-19(18)31-21/h3-4,9-12H,5-8,13H2,1-2H3. The van der Waals surface area contributed by atoms with Gasteiger partial charge in [0.25, 0.3) is 0 Å². The summed E-state index contributed by atoms with van der Waals surface area (Å²) in [4.78, 5) is 20.8. The molecule has 0 aliphatic carbocycles. The second kappa shape index (κ2) is 8.47. The molecule has 4 rings (SSSR count). The lowest BCUT2D eigenvalue weighted by atomic mass is 10.1. The van der Waals surface area contributed by atoms with Gasteiger partial charge in [0, 0.05) is 32.7 Å². The number of aryl methyl sites for hydroxylation is 1. The molecule has 5 nitrogen and oxygen atoms in total. The summed E-state index contributed by atoms with van der Waals surface area (Å²) in [6.45, 7) is 5.74. The number of hydrogen-bond acceptors (Lipinski definition) is 6. The summed E-state index contributed by atoms with van der Waals surface area (Å²) in [5.74, 6) is -0.348. The first-order valence-electron chi connectivity index (χ1n) is 9.87. The van der Waals surface area contributed by atoms with Crippen LogP contribution in [0.2, 0.25) is 0 Å². The lowest BCUT2D eigenvalue weighted by Crippen LogP contribution is -2.45. The first-order chi connectivity index (χ1) is 14.7. The molecular formula is C22H22F3N3O2S. The molecule has 0 N–H and O–H groups in total. The molecule has 1 aromatic heterocycles. The number of thiazole rings is 1. The van der Waals surface area contributed by atoms with Crippen molar-refractivity contribution >= 4 is 32.7 Å². The van der Waals surface area contributed by atoms with Crippen molar-refractivity contribution in [1.82, 2.24) is 9.88 Å². The zero-order valence-corrected chi connectivity index (χ0v) is 18.0. The SMILES string of the molecule is COC(=O)c1cc(C)cc(CN2CCN(c3nc4ccc(C(F)(F)F)cc4s3)CC2)c1. The van der Waals surface area contributed by atoms with E-state index in [0.29, 0.717) is 22.3 Å². The van der Waals surface area contributed by atoms with E-state index in [1.54, 1.807) is 0 Å². The predicted molar refractivity (Wildman–Crippen MR) is 115 cm³/mol. The molecule has 164 valence electrons. The van der Waals surface area contributed by atoms with Crippen LogP contribution in [0.25, 0.3) is 10.2 Å².